The summed E-state index contributed by atoms with van der Waals surface area (Å²) in [5.41, 5.74) is 0.934. The van der Waals surface area contributed by atoms with Gasteiger partial charge in [0, 0.05) is 5.56 Å². The molecule has 0 aliphatic heterocycles. The van der Waals surface area contributed by atoms with Crippen molar-refractivity contribution in [3.05, 3.63) is 33.5 Å². The average Bonchev–Trinajstić information content (AvgIpc) is 2.09. The molecule has 1 aromatic rings. The molecular weight excluding hydrogens is 227 g/mol. The van der Waals surface area contributed by atoms with Crippen LogP contribution in [0.1, 0.15) is 11.1 Å². The normalized spacial score (nSPS) is 10.3. The SMILES string of the molecule is OCc1ccc(F)c(Br)c1CO. The summed E-state index contributed by atoms with van der Waals surface area (Å²) < 4.78 is 13.1. The van der Waals surface area contributed by atoms with E-state index in [9.17, 15) is 4.39 Å². The van der Waals surface area contributed by atoms with Crippen molar-refractivity contribution in [2.75, 3.05) is 0 Å². The van der Waals surface area contributed by atoms with E-state index in [0.29, 0.717) is 11.1 Å². The van der Waals surface area contributed by atoms with Crippen LogP contribution in [-0.2, 0) is 13.2 Å². The van der Waals surface area contributed by atoms with Crippen LogP contribution >= 0.6 is 15.9 Å². The van der Waals surface area contributed by atoms with Gasteiger partial charge in [0.15, 0.2) is 0 Å². The van der Waals surface area contributed by atoms with Gasteiger partial charge in [-0.05, 0) is 27.6 Å². The van der Waals surface area contributed by atoms with E-state index < -0.39 is 5.82 Å². The Kier molecular flexibility index (Phi) is 3.20. The van der Waals surface area contributed by atoms with Crippen molar-refractivity contribution < 1.29 is 14.6 Å². The molecule has 2 nitrogen and oxygen atoms in total. The summed E-state index contributed by atoms with van der Waals surface area (Å²) in [4.78, 5) is 0. The second-order valence-corrected chi connectivity index (χ2v) is 3.11. The molecule has 0 heterocycles. The Bertz CT molecular complexity index is 289. The van der Waals surface area contributed by atoms with Crippen molar-refractivity contribution >= 4 is 15.9 Å². The van der Waals surface area contributed by atoms with Crippen LogP contribution in [0.5, 0.6) is 0 Å². The first-order valence-corrected chi connectivity index (χ1v) is 4.17. The molecule has 0 unspecified atom stereocenters. The van der Waals surface area contributed by atoms with Crippen molar-refractivity contribution in [2.24, 2.45) is 0 Å². The maximum atomic E-state index is 12.8. The van der Waals surface area contributed by atoms with Gasteiger partial charge in [0.25, 0.3) is 0 Å². The van der Waals surface area contributed by atoms with Crippen LogP contribution in [0.15, 0.2) is 16.6 Å². The first-order chi connectivity index (χ1) is 5.70. The number of aliphatic hydroxyl groups excluding tert-OH is 2. The topological polar surface area (TPSA) is 40.5 Å². The van der Waals surface area contributed by atoms with Crippen molar-refractivity contribution in [1.82, 2.24) is 0 Å². The van der Waals surface area contributed by atoms with Crippen LogP contribution in [0.4, 0.5) is 4.39 Å². The lowest BCUT2D eigenvalue weighted by molar-refractivity contribution is 0.258. The van der Waals surface area contributed by atoms with Gasteiger partial charge in [-0.1, -0.05) is 6.07 Å². The molecule has 0 atom stereocenters. The fraction of sp³-hybridized carbons (Fsp3) is 0.250. The van der Waals surface area contributed by atoms with Crippen molar-refractivity contribution in [3.63, 3.8) is 0 Å². The summed E-state index contributed by atoms with van der Waals surface area (Å²) in [6.07, 6.45) is 0. The molecule has 1 rings (SSSR count). The molecule has 12 heavy (non-hydrogen) atoms. The summed E-state index contributed by atoms with van der Waals surface area (Å²) in [6.45, 7) is -0.483. The van der Waals surface area contributed by atoms with Gasteiger partial charge in [-0.15, -0.1) is 0 Å². The minimum Gasteiger partial charge on any atom is -0.392 e. The molecule has 0 aliphatic rings. The van der Waals surface area contributed by atoms with E-state index in [1.54, 1.807) is 0 Å². The zero-order valence-electron chi connectivity index (χ0n) is 6.22. The van der Waals surface area contributed by atoms with E-state index in [4.69, 9.17) is 10.2 Å². The number of rotatable bonds is 2. The van der Waals surface area contributed by atoms with Gasteiger partial charge in [0.2, 0.25) is 0 Å². The molecule has 0 fully saturated rings. The lowest BCUT2D eigenvalue weighted by Crippen LogP contribution is -1.97. The van der Waals surface area contributed by atoms with Gasteiger partial charge in [-0.25, -0.2) is 4.39 Å². The first-order valence-electron chi connectivity index (χ1n) is 3.38. The van der Waals surface area contributed by atoms with Crippen LogP contribution in [0.2, 0.25) is 0 Å². The Labute approximate surface area is 77.8 Å². The average molecular weight is 235 g/mol. The molecule has 0 aliphatic carbocycles. The minimum absolute atomic E-state index is 0.200. The molecule has 0 bridgehead atoms. The summed E-state index contributed by atoms with van der Waals surface area (Å²) in [7, 11) is 0. The lowest BCUT2D eigenvalue weighted by Gasteiger charge is -2.06. The van der Waals surface area contributed by atoms with E-state index in [-0.39, 0.29) is 17.7 Å². The van der Waals surface area contributed by atoms with Crippen LogP contribution in [0, 0.1) is 5.82 Å². The molecule has 0 amide bonds. The van der Waals surface area contributed by atoms with Crippen molar-refractivity contribution in [2.45, 2.75) is 13.2 Å². The molecule has 0 aromatic heterocycles. The van der Waals surface area contributed by atoms with Gasteiger partial charge < -0.3 is 10.2 Å². The summed E-state index contributed by atoms with van der Waals surface area (Å²) in [5, 5.41) is 17.7. The summed E-state index contributed by atoms with van der Waals surface area (Å²) in [6, 6.07) is 2.69. The number of benzene rings is 1. The maximum absolute atomic E-state index is 12.8. The first kappa shape index (κ1) is 9.64. The maximum Gasteiger partial charge on any atom is 0.137 e. The predicted molar refractivity (Wildman–Crippen MR) is 45.9 cm³/mol. The third-order valence-corrected chi connectivity index (χ3v) is 2.48. The predicted octanol–water partition coefficient (Wildman–Crippen LogP) is 1.57. The standard InChI is InChI=1S/C8H8BrFO2/c9-8-6(4-12)5(3-11)1-2-7(8)10/h1-2,11-12H,3-4H2. The highest BCUT2D eigenvalue weighted by Gasteiger charge is 2.09. The Morgan fingerprint density at radius 2 is 1.92 bits per heavy atom. The number of halogens is 2. The van der Waals surface area contributed by atoms with Gasteiger partial charge in [0.1, 0.15) is 5.82 Å². The molecule has 4 heteroatoms. The summed E-state index contributed by atoms with van der Waals surface area (Å²) >= 11 is 2.99. The van der Waals surface area contributed by atoms with Crippen LogP contribution in [-0.4, -0.2) is 10.2 Å². The second kappa shape index (κ2) is 3.98. The van der Waals surface area contributed by atoms with Gasteiger partial charge in [0.05, 0.1) is 17.7 Å². The van der Waals surface area contributed by atoms with Crippen molar-refractivity contribution in [1.29, 1.82) is 0 Å². The highest BCUT2D eigenvalue weighted by Crippen LogP contribution is 2.24. The van der Waals surface area contributed by atoms with Crippen LogP contribution in [0.3, 0.4) is 0 Å². The summed E-state index contributed by atoms with van der Waals surface area (Å²) in [5.74, 6) is -0.434. The lowest BCUT2D eigenvalue weighted by atomic mass is 10.1. The molecule has 0 saturated heterocycles. The largest absolute Gasteiger partial charge is 0.392 e. The van der Waals surface area contributed by atoms with Gasteiger partial charge >= 0.3 is 0 Å². The number of hydrogen-bond acceptors (Lipinski definition) is 2. The highest BCUT2D eigenvalue weighted by molar-refractivity contribution is 9.10. The molecule has 66 valence electrons. The van der Waals surface area contributed by atoms with E-state index in [1.165, 1.54) is 12.1 Å². The van der Waals surface area contributed by atoms with E-state index in [1.807, 2.05) is 0 Å². The Morgan fingerprint density at radius 3 is 2.42 bits per heavy atom. The Morgan fingerprint density at radius 1 is 1.25 bits per heavy atom. The number of aliphatic hydroxyl groups is 2. The third kappa shape index (κ3) is 1.65. The van der Waals surface area contributed by atoms with Gasteiger partial charge in [-0.3, -0.25) is 0 Å². The zero-order valence-corrected chi connectivity index (χ0v) is 7.81. The third-order valence-electron chi connectivity index (χ3n) is 1.62. The molecule has 2 N–H and O–H groups in total. The van der Waals surface area contributed by atoms with E-state index in [2.05, 4.69) is 15.9 Å². The quantitative estimate of drug-likeness (QED) is 0.816. The van der Waals surface area contributed by atoms with E-state index in [0.717, 1.165) is 0 Å². The molecule has 0 saturated carbocycles. The monoisotopic (exact) mass is 234 g/mol. The fourth-order valence-electron chi connectivity index (χ4n) is 0.952. The van der Waals surface area contributed by atoms with Crippen molar-refractivity contribution in [3.8, 4) is 0 Å². The molecule has 1 aromatic carbocycles. The minimum atomic E-state index is -0.434. The van der Waals surface area contributed by atoms with E-state index >= 15 is 0 Å². The fourth-order valence-corrected chi connectivity index (χ4v) is 1.46. The van der Waals surface area contributed by atoms with Crippen LogP contribution in [0.25, 0.3) is 0 Å². The van der Waals surface area contributed by atoms with Gasteiger partial charge in [-0.2, -0.15) is 0 Å². The molecule has 0 radical (unpaired) electrons. The smallest absolute Gasteiger partial charge is 0.137 e. The Balaban J connectivity index is 3.25. The van der Waals surface area contributed by atoms with Crippen LogP contribution < -0.4 is 0 Å². The Hall–Kier alpha value is -0.450. The second-order valence-electron chi connectivity index (χ2n) is 2.32. The number of hydrogen-bond donors (Lipinski definition) is 2. The zero-order chi connectivity index (χ0) is 9.14. The highest BCUT2D eigenvalue weighted by atomic mass is 79.9. The molecular formula is C8H8BrFO2. The molecule has 0 spiro atoms.